The second-order valence-corrected chi connectivity index (χ2v) is 9.07. The summed E-state index contributed by atoms with van der Waals surface area (Å²) in [5.74, 6) is -2.52. The van der Waals surface area contributed by atoms with Gasteiger partial charge in [-0.3, -0.25) is 24.5 Å². The van der Waals surface area contributed by atoms with E-state index in [9.17, 15) is 24.5 Å². The molecular weight excluding hydrogens is 412 g/mol. The highest BCUT2D eigenvalue weighted by atomic mass is 16.6. The Morgan fingerprint density at radius 2 is 1.94 bits per heavy atom. The molecule has 0 aromatic heterocycles. The first-order chi connectivity index (χ1) is 15.4. The smallest absolute Gasteiger partial charge is 0.291 e. The Bertz CT molecular complexity index is 1240. The van der Waals surface area contributed by atoms with Crippen molar-refractivity contribution in [2.24, 2.45) is 11.8 Å². The standard InChI is InChI=1S/C23H20N4O5/c1-12-8-9-13(11-17(12)27(31)32)26-20(28)18-16-7-4-10-25(16)23(19(18)21(26)29)14-5-2-3-6-15(14)24-22(23)30/h2-3,5-6,8-9,11,16,18-19H,4,7,10H2,1H3,(H,24,30)/p+1/t16-,18+,19+,23-/m1/s1. The highest BCUT2D eigenvalue weighted by molar-refractivity contribution is 6.25. The lowest BCUT2D eigenvalue weighted by Crippen LogP contribution is -3.19. The van der Waals surface area contributed by atoms with Crippen LogP contribution in [0.2, 0.25) is 0 Å². The van der Waals surface area contributed by atoms with Gasteiger partial charge in [-0.15, -0.1) is 0 Å². The number of imide groups is 1. The van der Waals surface area contributed by atoms with Crippen molar-refractivity contribution in [3.63, 3.8) is 0 Å². The highest BCUT2D eigenvalue weighted by Crippen LogP contribution is 2.52. The molecule has 6 rings (SSSR count). The summed E-state index contributed by atoms with van der Waals surface area (Å²) >= 11 is 0. The van der Waals surface area contributed by atoms with Gasteiger partial charge in [0.2, 0.25) is 17.4 Å². The second-order valence-electron chi connectivity index (χ2n) is 9.07. The van der Waals surface area contributed by atoms with Gasteiger partial charge in [0.05, 0.1) is 22.8 Å². The Kier molecular flexibility index (Phi) is 3.72. The molecule has 3 amide bonds. The van der Waals surface area contributed by atoms with Crippen LogP contribution in [0.4, 0.5) is 17.1 Å². The van der Waals surface area contributed by atoms with Gasteiger partial charge in [0.15, 0.2) is 0 Å². The molecule has 0 bridgehead atoms. The third-order valence-corrected chi connectivity index (χ3v) is 7.77. The number of quaternary nitrogens is 1. The number of rotatable bonds is 2. The van der Waals surface area contributed by atoms with Gasteiger partial charge in [-0.1, -0.05) is 24.3 Å². The van der Waals surface area contributed by atoms with E-state index in [1.165, 1.54) is 6.07 Å². The first kappa shape index (κ1) is 19.1. The van der Waals surface area contributed by atoms with Gasteiger partial charge in [-0.25, -0.2) is 4.90 Å². The average Bonchev–Trinajstić information content (AvgIpc) is 3.47. The van der Waals surface area contributed by atoms with E-state index in [0.717, 1.165) is 34.7 Å². The maximum atomic E-state index is 13.9. The van der Waals surface area contributed by atoms with Gasteiger partial charge in [0.1, 0.15) is 17.9 Å². The molecule has 4 aliphatic rings. The third-order valence-electron chi connectivity index (χ3n) is 7.77. The lowest BCUT2D eigenvalue weighted by molar-refractivity contribution is -0.948. The second kappa shape index (κ2) is 6.23. The number of fused-ring (bicyclic) bond motifs is 7. The van der Waals surface area contributed by atoms with E-state index in [1.807, 2.05) is 24.3 Å². The fourth-order valence-corrected chi connectivity index (χ4v) is 6.60. The normalized spacial score (nSPS) is 32.3. The molecule has 2 N–H and O–H groups in total. The molecule has 1 unspecified atom stereocenters. The number of carbonyl (C=O) groups is 3. The van der Waals surface area contributed by atoms with E-state index >= 15 is 0 Å². The molecule has 1 spiro atoms. The number of nitrogens with zero attached hydrogens (tertiary/aromatic N) is 2. The molecule has 4 heterocycles. The summed E-state index contributed by atoms with van der Waals surface area (Å²) in [6.07, 6.45) is 1.63. The van der Waals surface area contributed by atoms with Gasteiger partial charge in [-0.2, -0.15) is 0 Å². The fourth-order valence-electron chi connectivity index (χ4n) is 6.60. The third kappa shape index (κ3) is 2.09. The Morgan fingerprint density at radius 1 is 1.16 bits per heavy atom. The Labute approximate surface area is 183 Å². The zero-order chi connectivity index (χ0) is 22.4. The van der Waals surface area contributed by atoms with E-state index in [-0.39, 0.29) is 29.2 Å². The van der Waals surface area contributed by atoms with Gasteiger partial charge >= 0.3 is 0 Å². The predicted octanol–water partition coefficient (Wildman–Crippen LogP) is 0.917. The SMILES string of the molecule is Cc1ccc(N2C(=O)[C@H]3[C@H]4CCC[NH+]4[C@@]4(C(=O)Nc5ccccc54)[C@@H]3C2=O)cc1[N+](=O)[O-]. The Morgan fingerprint density at radius 3 is 2.72 bits per heavy atom. The number of anilines is 2. The van der Waals surface area contributed by atoms with Crippen molar-refractivity contribution in [2.75, 3.05) is 16.8 Å². The lowest BCUT2D eigenvalue weighted by Gasteiger charge is -2.33. The number of hydrogen-bond acceptors (Lipinski definition) is 5. The molecule has 5 atom stereocenters. The summed E-state index contributed by atoms with van der Waals surface area (Å²) in [4.78, 5) is 54.0. The van der Waals surface area contributed by atoms with E-state index < -0.39 is 28.2 Å². The van der Waals surface area contributed by atoms with Crippen LogP contribution in [-0.4, -0.2) is 35.2 Å². The van der Waals surface area contributed by atoms with Crippen LogP contribution in [0.3, 0.4) is 0 Å². The molecular formula is C23H21N4O5+. The number of nitrogens with one attached hydrogen (secondary N) is 2. The molecule has 9 nitrogen and oxygen atoms in total. The van der Waals surface area contributed by atoms with Crippen molar-refractivity contribution in [1.82, 2.24) is 0 Å². The molecule has 32 heavy (non-hydrogen) atoms. The topological polar surface area (TPSA) is 114 Å². The van der Waals surface area contributed by atoms with Crippen LogP contribution >= 0.6 is 0 Å². The van der Waals surface area contributed by atoms with Crippen molar-refractivity contribution in [2.45, 2.75) is 31.3 Å². The first-order valence-corrected chi connectivity index (χ1v) is 10.8. The number of amides is 3. The van der Waals surface area contributed by atoms with Crippen molar-refractivity contribution in [3.05, 3.63) is 63.7 Å². The van der Waals surface area contributed by atoms with Crippen molar-refractivity contribution >= 4 is 34.8 Å². The number of nitro groups is 1. The largest absolute Gasteiger partial charge is 0.320 e. The summed E-state index contributed by atoms with van der Waals surface area (Å²) in [7, 11) is 0. The molecule has 3 fully saturated rings. The molecule has 3 saturated heterocycles. The predicted molar refractivity (Wildman–Crippen MR) is 113 cm³/mol. The summed E-state index contributed by atoms with van der Waals surface area (Å²) in [5, 5.41) is 14.4. The van der Waals surface area contributed by atoms with Crippen LogP contribution in [0.5, 0.6) is 0 Å². The highest BCUT2D eigenvalue weighted by Gasteiger charge is 2.78. The summed E-state index contributed by atoms with van der Waals surface area (Å²) in [6.45, 7) is 2.33. The van der Waals surface area contributed by atoms with E-state index in [2.05, 4.69) is 5.32 Å². The number of hydrogen-bond donors (Lipinski definition) is 2. The van der Waals surface area contributed by atoms with Crippen molar-refractivity contribution < 1.29 is 24.2 Å². The minimum absolute atomic E-state index is 0.140. The minimum atomic E-state index is -1.15. The average molecular weight is 433 g/mol. The maximum absolute atomic E-state index is 13.9. The molecule has 0 radical (unpaired) electrons. The molecule has 2 aromatic carbocycles. The minimum Gasteiger partial charge on any atom is -0.320 e. The summed E-state index contributed by atoms with van der Waals surface area (Å²) < 4.78 is 0. The molecule has 0 aliphatic carbocycles. The quantitative estimate of drug-likeness (QED) is 0.415. The molecule has 2 aromatic rings. The molecule has 162 valence electrons. The monoisotopic (exact) mass is 433 g/mol. The first-order valence-electron chi connectivity index (χ1n) is 10.8. The van der Waals surface area contributed by atoms with Crippen LogP contribution in [0.15, 0.2) is 42.5 Å². The van der Waals surface area contributed by atoms with E-state index in [4.69, 9.17) is 0 Å². The van der Waals surface area contributed by atoms with Crippen molar-refractivity contribution in [3.8, 4) is 0 Å². The van der Waals surface area contributed by atoms with Crippen LogP contribution in [0.25, 0.3) is 0 Å². The van der Waals surface area contributed by atoms with Gasteiger partial charge in [-0.05, 0) is 19.1 Å². The van der Waals surface area contributed by atoms with Gasteiger partial charge < -0.3 is 10.2 Å². The van der Waals surface area contributed by atoms with Crippen LogP contribution in [0.1, 0.15) is 24.0 Å². The number of aryl methyl sites for hydroxylation is 1. The van der Waals surface area contributed by atoms with E-state index in [1.54, 1.807) is 19.1 Å². The van der Waals surface area contributed by atoms with Crippen LogP contribution in [0, 0.1) is 28.9 Å². The number of benzene rings is 2. The molecule has 9 heteroatoms. The van der Waals surface area contributed by atoms with Crippen molar-refractivity contribution in [1.29, 1.82) is 0 Å². The Balaban J connectivity index is 1.53. The summed E-state index contributed by atoms with van der Waals surface area (Å²) in [5.41, 5.74) is 0.781. The fraction of sp³-hybridized carbons (Fsp3) is 0.348. The number of para-hydroxylation sites is 1. The lowest BCUT2D eigenvalue weighted by atomic mass is 9.75. The van der Waals surface area contributed by atoms with Crippen LogP contribution in [-0.2, 0) is 19.9 Å². The summed E-state index contributed by atoms with van der Waals surface area (Å²) in [6, 6.07) is 11.6. The molecule has 4 aliphatic heterocycles. The van der Waals surface area contributed by atoms with Gasteiger partial charge in [0, 0.05) is 30.0 Å². The zero-order valence-electron chi connectivity index (χ0n) is 17.3. The number of carbonyl (C=O) groups excluding carboxylic acids is 3. The molecule has 0 saturated carbocycles. The Hall–Kier alpha value is -3.59. The van der Waals surface area contributed by atoms with Crippen LogP contribution < -0.4 is 15.1 Å². The zero-order valence-corrected chi connectivity index (χ0v) is 17.3. The number of nitro benzene ring substituents is 1. The maximum Gasteiger partial charge on any atom is 0.291 e. The van der Waals surface area contributed by atoms with Gasteiger partial charge in [0.25, 0.3) is 11.6 Å². The van der Waals surface area contributed by atoms with E-state index in [0.29, 0.717) is 11.3 Å².